The van der Waals surface area contributed by atoms with E-state index in [2.05, 4.69) is 0 Å². The van der Waals surface area contributed by atoms with Crippen LogP contribution in [0.1, 0.15) is 5.56 Å². The molecule has 6 nitrogen and oxygen atoms in total. The van der Waals surface area contributed by atoms with Gasteiger partial charge in [0.1, 0.15) is 12.0 Å². The van der Waals surface area contributed by atoms with Gasteiger partial charge in [-0.15, -0.1) is 0 Å². The molecule has 3 aromatic carbocycles. The Morgan fingerprint density at radius 1 is 1.00 bits per heavy atom. The number of nitrogens with two attached hydrogens (primary N) is 1. The van der Waals surface area contributed by atoms with Crippen LogP contribution in [0.4, 0.5) is 5.69 Å². The number of anilines is 1. The maximum Gasteiger partial charge on any atom is 0.268 e. The van der Waals surface area contributed by atoms with Gasteiger partial charge in [0.2, 0.25) is 0 Å². The number of aromatic nitrogens is 1. The minimum atomic E-state index is -3.91. The average Bonchev–Trinajstić information content (AvgIpc) is 3.15. The Morgan fingerprint density at radius 3 is 2.47 bits per heavy atom. The van der Waals surface area contributed by atoms with E-state index in [0.717, 1.165) is 6.29 Å². The number of carbonyl (C=O) groups excluding carboxylic acids is 1. The maximum atomic E-state index is 13.6. The molecular weight excluding hydrogens is 400 g/mol. The lowest BCUT2D eigenvalue weighted by atomic mass is 10.0. The van der Waals surface area contributed by atoms with Crippen LogP contribution in [-0.2, 0) is 21.2 Å². The van der Waals surface area contributed by atoms with E-state index in [-0.39, 0.29) is 11.3 Å². The number of hydrogen-bond donors (Lipinski definition) is 1. The molecule has 7 heteroatoms. The highest BCUT2D eigenvalue weighted by atomic mass is 32.2. The summed E-state index contributed by atoms with van der Waals surface area (Å²) in [5, 5.41) is 0.698. The van der Waals surface area contributed by atoms with Gasteiger partial charge in [0.05, 0.1) is 23.2 Å². The Bertz CT molecular complexity index is 1340. The molecule has 0 atom stereocenters. The number of para-hydroxylation sites is 1. The van der Waals surface area contributed by atoms with Gasteiger partial charge in [-0.2, -0.15) is 0 Å². The molecule has 4 aromatic rings. The fourth-order valence-electron chi connectivity index (χ4n) is 3.54. The number of nitrogens with zero attached hydrogens (tertiary/aromatic N) is 1. The average molecular weight is 420 g/mol. The SMILES string of the molecule is COc1ccc2c(c1)cc(-c1cccc(CC=O)c1N)n2S(=O)(=O)c1ccccc1. The van der Waals surface area contributed by atoms with Gasteiger partial charge in [-0.25, -0.2) is 12.4 Å². The normalized spacial score (nSPS) is 11.5. The van der Waals surface area contributed by atoms with Crippen molar-refractivity contribution in [1.29, 1.82) is 0 Å². The molecule has 0 aliphatic heterocycles. The summed E-state index contributed by atoms with van der Waals surface area (Å²) in [5.41, 5.74) is 8.84. The first kappa shape index (κ1) is 19.7. The van der Waals surface area contributed by atoms with Crippen LogP contribution in [0.5, 0.6) is 5.75 Å². The lowest BCUT2D eigenvalue weighted by Crippen LogP contribution is -2.14. The molecule has 0 radical (unpaired) electrons. The van der Waals surface area contributed by atoms with Crippen molar-refractivity contribution in [1.82, 2.24) is 3.97 Å². The molecule has 0 saturated heterocycles. The largest absolute Gasteiger partial charge is 0.497 e. The van der Waals surface area contributed by atoms with Crippen LogP contribution in [0.2, 0.25) is 0 Å². The van der Waals surface area contributed by atoms with E-state index in [9.17, 15) is 13.2 Å². The summed E-state index contributed by atoms with van der Waals surface area (Å²) in [6, 6.07) is 20.5. The molecule has 2 N–H and O–H groups in total. The number of carbonyl (C=O) groups is 1. The topological polar surface area (TPSA) is 91.4 Å². The summed E-state index contributed by atoms with van der Waals surface area (Å²) in [4.78, 5) is 11.2. The molecule has 0 amide bonds. The lowest BCUT2D eigenvalue weighted by molar-refractivity contribution is -0.107. The molecule has 0 fully saturated rings. The minimum absolute atomic E-state index is 0.152. The molecule has 0 saturated carbocycles. The third kappa shape index (κ3) is 3.23. The molecule has 1 aromatic heterocycles. The van der Waals surface area contributed by atoms with E-state index in [0.29, 0.717) is 39.2 Å². The molecule has 1 heterocycles. The highest BCUT2D eigenvalue weighted by molar-refractivity contribution is 7.90. The summed E-state index contributed by atoms with van der Waals surface area (Å²) < 4.78 is 33.8. The summed E-state index contributed by atoms with van der Waals surface area (Å²) in [6.07, 6.45) is 0.926. The van der Waals surface area contributed by atoms with Crippen molar-refractivity contribution in [2.75, 3.05) is 12.8 Å². The van der Waals surface area contributed by atoms with Gasteiger partial charge in [-0.3, -0.25) is 0 Å². The van der Waals surface area contributed by atoms with Crippen LogP contribution < -0.4 is 10.5 Å². The minimum Gasteiger partial charge on any atom is -0.497 e. The zero-order chi connectivity index (χ0) is 21.3. The zero-order valence-electron chi connectivity index (χ0n) is 16.3. The molecule has 0 bridgehead atoms. The van der Waals surface area contributed by atoms with Crippen molar-refractivity contribution in [3.8, 4) is 17.0 Å². The van der Waals surface area contributed by atoms with Crippen molar-refractivity contribution in [2.45, 2.75) is 11.3 Å². The summed E-state index contributed by atoms with van der Waals surface area (Å²) in [7, 11) is -2.36. The Hall–Kier alpha value is -3.58. The molecule has 0 aliphatic rings. The zero-order valence-corrected chi connectivity index (χ0v) is 17.1. The third-order valence-electron chi connectivity index (χ3n) is 5.02. The van der Waals surface area contributed by atoms with E-state index in [1.54, 1.807) is 79.9 Å². The third-order valence-corrected chi connectivity index (χ3v) is 6.76. The van der Waals surface area contributed by atoms with Crippen molar-refractivity contribution < 1.29 is 17.9 Å². The molecule has 4 rings (SSSR count). The van der Waals surface area contributed by atoms with E-state index in [1.165, 1.54) is 3.97 Å². The summed E-state index contributed by atoms with van der Waals surface area (Å²) in [6.45, 7) is 0. The first-order valence-electron chi connectivity index (χ1n) is 9.29. The molecule has 152 valence electrons. The van der Waals surface area contributed by atoms with Gasteiger partial charge in [0.15, 0.2) is 0 Å². The van der Waals surface area contributed by atoms with Gasteiger partial charge in [0.25, 0.3) is 10.0 Å². The number of hydrogen-bond acceptors (Lipinski definition) is 5. The van der Waals surface area contributed by atoms with Gasteiger partial charge in [-0.05, 0) is 42.0 Å². The standard InChI is InChI=1S/C23H20N2O4S/c1-29-18-10-11-21-17(14-18)15-22(20-9-5-6-16(12-13-26)23(20)24)25(21)30(27,28)19-7-3-2-4-8-19/h2-11,13-15H,12,24H2,1H3. The number of nitrogen functional groups attached to an aromatic ring is 1. The Balaban J connectivity index is 2.07. The van der Waals surface area contributed by atoms with Crippen LogP contribution in [0, 0.1) is 0 Å². The van der Waals surface area contributed by atoms with E-state index in [4.69, 9.17) is 10.5 Å². The van der Waals surface area contributed by atoms with Crippen LogP contribution in [0.3, 0.4) is 0 Å². The first-order chi connectivity index (χ1) is 14.5. The van der Waals surface area contributed by atoms with E-state index >= 15 is 0 Å². The summed E-state index contributed by atoms with van der Waals surface area (Å²) >= 11 is 0. The van der Waals surface area contributed by atoms with E-state index in [1.807, 2.05) is 0 Å². The van der Waals surface area contributed by atoms with Gasteiger partial charge < -0.3 is 15.3 Å². The Labute approximate surface area is 174 Å². The monoisotopic (exact) mass is 420 g/mol. The van der Waals surface area contributed by atoms with Gasteiger partial charge >= 0.3 is 0 Å². The van der Waals surface area contributed by atoms with Crippen LogP contribution in [0.15, 0.2) is 77.7 Å². The molecular formula is C23H20N2O4S. The quantitative estimate of drug-likeness (QED) is 0.378. The van der Waals surface area contributed by atoms with Gasteiger partial charge in [-0.1, -0.05) is 36.4 Å². The highest BCUT2D eigenvalue weighted by Crippen LogP contribution is 2.37. The molecule has 0 unspecified atom stereocenters. The van der Waals surface area contributed by atoms with Crippen molar-refractivity contribution >= 4 is 32.9 Å². The summed E-state index contributed by atoms with van der Waals surface area (Å²) in [5.74, 6) is 0.617. The fraction of sp³-hybridized carbons (Fsp3) is 0.0870. The van der Waals surface area contributed by atoms with Gasteiger partial charge in [0, 0.05) is 23.1 Å². The van der Waals surface area contributed by atoms with Crippen LogP contribution in [0.25, 0.3) is 22.2 Å². The highest BCUT2D eigenvalue weighted by Gasteiger charge is 2.25. The first-order valence-corrected chi connectivity index (χ1v) is 10.7. The smallest absolute Gasteiger partial charge is 0.268 e. The lowest BCUT2D eigenvalue weighted by Gasteiger charge is -2.15. The predicted octanol–water partition coefficient (Wildman–Crippen LogP) is 3.88. The number of rotatable bonds is 6. The molecule has 0 aliphatic carbocycles. The van der Waals surface area contributed by atoms with Crippen molar-refractivity contribution in [3.63, 3.8) is 0 Å². The number of aldehydes is 1. The maximum absolute atomic E-state index is 13.6. The van der Waals surface area contributed by atoms with Crippen LogP contribution >= 0.6 is 0 Å². The second-order valence-corrected chi connectivity index (χ2v) is 8.57. The number of fused-ring (bicyclic) bond motifs is 1. The number of methoxy groups -OCH3 is 1. The van der Waals surface area contributed by atoms with E-state index < -0.39 is 10.0 Å². The van der Waals surface area contributed by atoms with Crippen LogP contribution in [-0.4, -0.2) is 25.8 Å². The second kappa shape index (κ2) is 7.68. The second-order valence-electron chi connectivity index (χ2n) is 6.79. The fourth-order valence-corrected chi connectivity index (χ4v) is 5.09. The number of benzene rings is 3. The number of ether oxygens (including phenoxy) is 1. The Kier molecular flexibility index (Phi) is 5.05. The predicted molar refractivity (Wildman–Crippen MR) is 117 cm³/mol. The molecule has 0 spiro atoms. The molecule has 30 heavy (non-hydrogen) atoms. The van der Waals surface area contributed by atoms with Crippen molar-refractivity contribution in [3.05, 3.63) is 78.4 Å². The Morgan fingerprint density at radius 2 is 1.77 bits per heavy atom. The van der Waals surface area contributed by atoms with Crippen molar-refractivity contribution in [2.24, 2.45) is 0 Å².